The lowest BCUT2D eigenvalue weighted by Gasteiger charge is -2.09. The predicted octanol–water partition coefficient (Wildman–Crippen LogP) is 3.89. The molecule has 0 radical (unpaired) electrons. The number of carbonyl (C=O) groups is 1. The van der Waals surface area contributed by atoms with Crippen LogP contribution in [0.4, 0.5) is 4.39 Å². The summed E-state index contributed by atoms with van der Waals surface area (Å²) in [5.74, 6) is -0.305. The van der Waals surface area contributed by atoms with Gasteiger partial charge in [-0.1, -0.05) is 12.1 Å². The monoisotopic (exact) mass is 387 g/mol. The molecule has 1 unspecified atom stereocenters. The van der Waals surface area contributed by atoms with Gasteiger partial charge in [-0.3, -0.25) is 9.48 Å². The highest BCUT2D eigenvalue weighted by molar-refractivity contribution is 7.20. The summed E-state index contributed by atoms with van der Waals surface area (Å²) >= 11 is 1.44. The van der Waals surface area contributed by atoms with Gasteiger partial charge in [-0.2, -0.15) is 5.10 Å². The van der Waals surface area contributed by atoms with Gasteiger partial charge < -0.3 is 10.1 Å². The third kappa shape index (κ3) is 4.04. The Kier molecular flexibility index (Phi) is 5.22. The highest BCUT2D eigenvalue weighted by atomic mass is 32.1. The number of aryl methyl sites for hydroxylation is 1. The van der Waals surface area contributed by atoms with Gasteiger partial charge in [-0.25, -0.2) is 4.39 Å². The van der Waals surface area contributed by atoms with Gasteiger partial charge in [-0.15, -0.1) is 11.3 Å². The Morgan fingerprint density at radius 1 is 1.41 bits per heavy atom. The molecule has 2 aromatic heterocycles. The molecular formula is C20H22FN3O2S. The Bertz CT molecular complexity index is 942. The number of fused-ring (bicyclic) bond motifs is 1. The lowest BCUT2D eigenvalue weighted by atomic mass is 10.2. The zero-order valence-corrected chi connectivity index (χ0v) is 16.0. The van der Waals surface area contributed by atoms with Gasteiger partial charge >= 0.3 is 0 Å². The first-order valence-electron chi connectivity index (χ1n) is 9.21. The number of halogens is 1. The summed E-state index contributed by atoms with van der Waals surface area (Å²) in [7, 11) is 0. The maximum absolute atomic E-state index is 13.1. The second-order valence-corrected chi connectivity index (χ2v) is 7.91. The fourth-order valence-corrected chi connectivity index (χ4v) is 4.48. The number of nitrogens with zero attached hydrogens (tertiary/aromatic N) is 2. The summed E-state index contributed by atoms with van der Waals surface area (Å²) in [6, 6.07) is 8.31. The lowest BCUT2D eigenvalue weighted by molar-refractivity contribution is 0.0910. The van der Waals surface area contributed by atoms with Crippen LogP contribution in [0.15, 0.2) is 30.3 Å². The summed E-state index contributed by atoms with van der Waals surface area (Å²) in [5, 5.41) is 8.55. The normalized spacial score (nSPS) is 16.9. The van der Waals surface area contributed by atoms with E-state index in [1.54, 1.807) is 12.1 Å². The van der Waals surface area contributed by atoms with Gasteiger partial charge in [0.15, 0.2) is 0 Å². The summed E-state index contributed by atoms with van der Waals surface area (Å²) in [6.45, 7) is 3.94. The molecular weight excluding hydrogens is 365 g/mol. The van der Waals surface area contributed by atoms with Crippen molar-refractivity contribution in [2.45, 2.75) is 38.8 Å². The summed E-state index contributed by atoms with van der Waals surface area (Å²) in [5.41, 5.74) is 1.86. The molecule has 3 heterocycles. The molecule has 1 aromatic carbocycles. The molecule has 1 amide bonds. The number of hydrogen-bond acceptors (Lipinski definition) is 4. The van der Waals surface area contributed by atoms with Crippen LogP contribution in [-0.4, -0.2) is 34.9 Å². The summed E-state index contributed by atoms with van der Waals surface area (Å²) < 4.78 is 20.6. The first-order valence-corrected chi connectivity index (χ1v) is 10.0. The molecule has 27 heavy (non-hydrogen) atoms. The number of nitrogens with one attached hydrogen (secondary N) is 1. The number of benzene rings is 1. The molecule has 1 atom stereocenters. The molecule has 0 bridgehead atoms. The second-order valence-electron chi connectivity index (χ2n) is 6.88. The fourth-order valence-electron chi connectivity index (χ4n) is 3.40. The van der Waals surface area contributed by atoms with Gasteiger partial charge in [0.1, 0.15) is 10.6 Å². The van der Waals surface area contributed by atoms with E-state index < -0.39 is 0 Å². The third-order valence-electron chi connectivity index (χ3n) is 4.85. The molecule has 142 valence electrons. The van der Waals surface area contributed by atoms with Crippen LogP contribution in [0.25, 0.3) is 10.2 Å². The zero-order valence-electron chi connectivity index (χ0n) is 15.2. The van der Waals surface area contributed by atoms with E-state index in [1.165, 1.54) is 23.5 Å². The van der Waals surface area contributed by atoms with Crippen LogP contribution in [0.1, 0.15) is 40.2 Å². The van der Waals surface area contributed by atoms with Gasteiger partial charge in [-0.05, 0) is 49.9 Å². The standard InChI is InChI=1S/C20H22FN3O2S/c1-13-17-11-18(19(25)22-9-8-16-3-2-10-26-16)27-20(17)24(23-13)12-14-4-6-15(21)7-5-14/h4-7,11,16H,2-3,8-10,12H2,1H3,(H,22,25). The van der Waals surface area contributed by atoms with Crippen LogP contribution < -0.4 is 5.32 Å². The van der Waals surface area contributed by atoms with Crippen LogP contribution >= 0.6 is 11.3 Å². The number of aromatic nitrogens is 2. The third-order valence-corrected chi connectivity index (χ3v) is 6.00. The van der Waals surface area contributed by atoms with Crippen LogP contribution in [0.2, 0.25) is 0 Å². The average molecular weight is 387 g/mol. The summed E-state index contributed by atoms with van der Waals surface area (Å²) in [4.78, 5) is 14.1. The lowest BCUT2D eigenvalue weighted by Crippen LogP contribution is -2.26. The number of amides is 1. The Morgan fingerprint density at radius 3 is 2.96 bits per heavy atom. The predicted molar refractivity (Wildman–Crippen MR) is 104 cm³/mol. The van der Waals surface area contributed by atoms with Crippen molar-refractivity contribution in [3.05, 3.63) is 52.3 Å². The summed E-state index contributed by atoms with van der Waals surface area (Å²) in [6.07, 6.45) is 3.32. The maximum atomic E-state index is 13.1. The van der Waals surface area contributed by atoms with Gasteiger partial charge in [0.2, 0.25) is 0 Å². The molecule has 4 rings (SSSR count). The van der Waals surface area contributed by atoms with E-state index in [9.17, 15) is 9.18 Å². The van der Waals surface area contributed by atoms with Crippen LogP contribution in [0.3, 0.4) is 0 Å². The minimum atomic E-state index is -0.251. The van der Waals surface area contributed by atoms with Crippen molar-refractivity contribution >= 4 is 27.5 Å². The van der Waals surface area contributed by atoms with E-state index in [-0.39, 0.29) is 17.8 Å². The molecule has 1 aliphatic rings. The van der Waals surface area contributed by atoms with Crippen molar-refractivity contribution in [1.29, 1.82) is 0 Å². The molecule has 1 aliphatic heterocycles. The SMILES string of the molecule is Cc1nn(Cc2ccc(F)cc2)c2sc(C(=O)NCCC3CCCO3)cc12. The molecule has 3 aromatic rings. The minimum absolute atomic E-state index is 0.0538. The van der Waals surface area contributed by atoms with Crippen LogP contribution in [0.5, 0.6) is 0 Å². The highest BCUT2D eigenvalue weighted by Gasteiger charge is 2.18. The zero-order chi connectivity index (χ0) is 18.8. The van der Waals surface area contributed by atoms with Crippen molar-refractivity contribution in [2.75, 3.05) is 13.2 Å². The highest BCUT2D eigenvalue weighted by Crippen LogP contribution is 2.29. The first kappa shape index (κ1) is 18.1. The van der Waals surface area contributed by atoms with E-state index in [4.69, 9.17) is 4.74 Å². The molecule has 5 nitrogen and oxygen atoms in total. The Labute approximate surface area is 161 Å². The Balaban J connectivity index is 1.46. The van der Waals surface area contributed by atoms with E-state index in [0.29, 0.717) is 18.0 Å². The molecule has 0 spiro atoms. The van der Waals surface area contributed by atoms with E-state index in [0.717, 1.165) is 47.3 Å². The fraction of sp³-hybridized carbons (Fsp3) is 0.400. The Hall–Kier alpha value is -2.25. The van der Waals surface area contributed by atoms with E-state index in [2.05, 4.69) is 10.4 Å². The van der Waals surface area contributed by atoms with Crippen LogP contribution in [-0.2, 0) is 11.3 Å². The number of ether oxygens (including phenoxy) is 1. The molecule has 0 saturated carbocycles. The smallest absolute Gasteiger partial charge is 0.261 e. The number of hydrogen-bond donors (Lipinski definition) is 1. The number of thiophene rings is 1. The topological polar surface area (TPSA) is 56.2 Å². The number of rotatable bonds is 6. The van der Waals surface area contributed by atoms with Gasteiger partial charge in [0.05, 0.1) is 23.2 Å². The van der Waals surface area contributed by atoms with Crippen molar-refractivity contribution in [3.8, 4) is 0 Å². The Morgan fingerprint density at radius 2 is 2.22 bits per heavy atom. The molecule has 1 fully saturated rings. The second kappa shape index (κ2) is 7.78. The molecule has 1 saturated heterocycles. The van der Waals surface area contributed by atoms with Crippen molar-refractivity contribution in [3.63, 3.8) is 0 Å². The van der Waals surface area contributed by atoms with E-state index >= 15 is 0 Å². The number of carbonyl (C=O) groups excluding carboxylic acids is 1. The largest absolute Gasteiger partial charge is 0.378 e. The van der Waals surface area contributed by atoms with Crippen molar-refractivity contribution in [1.82, 2.24) is 15.1 Å². The molecule has 1 N–H and O–H groups in total. The average Bonchev–Trinajstić information content (AvgIpc) is 3.37. The quantitative estimate of drug-likeness (QED) is 0.698. The molecule has 0 aliphatic carbocycles. The minimum Gasteiger partial charge on any atom is -0.378 e. The van der Waals surface area contributed by atoms with Crippen LogP contribution in [0, 0.1) is 12.7 Å². The van der Waals surface area contributed by atoms with Crippen molar-refractivity contribution < 1.29 is 13.9 Å². The van der Waals surface area contributed by atoms with Gasteiger partial charge in [0.25, 0.3) is 5.91 Å². The molecule has 7 heteroatoms. The first-order chi connectivity index (χ1) is 13.1. The van der Waals surface area contributed by atoms with Gasteiger partial charge in [0, 0.05) is 18.5 Å². The van der Waals surface area contributed by atoms with E-state index in [1.807, 2.05) is 17.7 Å². The maximum Gasteiger partial charge on any atom is 0.261 e. The van der Waals surface area contributed by atoms with Crippen molar-refractivity contribution in [2.24, 2.45) is 0 Å².